The van der Waals surface area contributed by atoms with Crippen molar-refractivity contribution in [1.29, 1.82) is 0 Å². The fourth-order valence-corrected chi connectivity index (χ4v) is 2.41. The van der Waals surface area contributed by atoms with Gasteiger partial charge in [-0.05, 0) is 37.0 Å². The number of nitrogens with one attached hydrogen (secondary N) is 2. The van der Waals surface area contributed by atoms with E-state index in [1.807, 2.05) is 0 Å². The van der Waals surface area contributed by atoms with Gasteiger partial charge in [-0.2, -0.15) is 0 Å². The largest absolute Gasteiger partial charge is 0.480 e. The van der Waals surface area contributed by atoms with Gasteiger partial charge in [-0.15, -0.1) is 0 Å². The molecule has 1 aliphatic rings. The first-order valence-corrected chi connectivity index (χ1v) is 7.00. The number of aliphatic carboxylic acids is 1. The number of carbonyl (C=O) groups excluding carboxylic acids is 1. The molecule has 0 heterocycles. The van der Waals surface area contributed by atoms with Crippen LogP contribution in [0.4, 0.5) is 4.79 Å². The minimum Gasteiger partial charge on any atom is -0.480 e. The molecular weight excluding hydrogens is 244 g/mol. The van der Waals surface area contributed by atoms with E-state index in [1.165, 1.54) is 0 Å². The summed E-state index contributed by atoms with van der Waals surface area (Å²) in [6, 6.07) is -1.08. The van der Waals surface area contributed by atoms with Crippen LogP contribution in [0.2, 0.25) is 0 Å². The molecule has 5 heteroatoms. The maximum absolute atomic E-state index is 11.9. The SMILES string of the molecule is CC1CCC(NC(=O)N[C@@H](C(=O)O)C(C)(C)C)CC1. The first-order chi connectivity index (χ1) is 8.70. The summed E-state index contributed by atoms with van der Waals surface area (Å²) < 4.78 is 0. The molecule has 0 saturated heterocycles. The van der Waals surface area contributed by atoms with Crippen molar-refractivity contribution in [3.8, 4) is 0 Å². The molecule has 19 heavy (non-hydrogen) atoms. The second kappa shape index (κ2) is 6.26. The minimum atomic E-state index is -1.00. The molecule has 2 amide bonds. The van der Waals surface area contributed by atoms with E-state index in [4.69, 9.17) is 5.11 Å². The van der Waals surface area contributed by atoms with Crippen molar-refractivity contribution < 1.29 is 14.7 Å². The maximum Gasteiger partial charge on any atom is 0.326 e. The molecule has 0 aromatic heterocycles. The van der Waals surface area contributed by atoms with E-state index in [2.05, 4.69) is 17.6 Å². The van der Waals surface area contributed by atoms with E-state index in [9.17, 15) is 9.59 Å². The van der Waals surface area contributed by atoms with Crippen LogP contribution < -0.4 is 10.6 Å². The smallest absolute Gasteiger partial charge is 0.326 e. The summed E-state index contributed by atoms with van der Waals surface area (Å²) in [5.41, 5.74) is -0.510. The third-order valence-electron chi connectivity index (χ3n) is 3.74. The first-order valence-electron chi connectivity index (χ1n) is 7.00. The van der Waals surface area contributed by atoms with Gasteiger partial charge in [-0.3, -0.25) is 0 Å². The molecule has 1 atom stereocenters. The van der Waals surface area contributed by atoms with Crippen LogP contribution in [0.1, 0.15) is 53.4 Å². The van der Waals surface area contributed by atoms with Gasteiger partial charge < -0.3 is 15.7 Å². The Balaban J connectivity index is 2.47. The van der Waals surface area contributed by atoms with E-state index in [1.54, 1.807) is 20.8 Å². The van der Waals surface area contributed by atoms with Gasteiger partial charge in [0.1, 0.15) is 6.04 Å². The van der Waals surface area contributed by atoms with Crippen molar-refractivity contribution in [2.24, 2.45) is 11.3 Å². The van der Waals surface area contributed by atoms with Gasteiger partial charge in [0.25, 0.3) is 0 Å². The standard InChI is InChI=1S/C14H26N2O3/c1-9-5-7-10(8-6-9)15-13(19)16-11(12(17)18)14(2,3)4/h9-11H,5-8H2,1-4H3,(H,17,18)(H2,15,16,19)/t9?,10?,11-/m0/s1. The van der Waals surface area contributed by atoms with Gasteiger partial charge in [-0.25, -0.2) is 9.59 Å². The predicted octanol–water partition coefficient (Wildman–Crippen LogP) is 2.36. The van der Waals surface area contributed by atoms with Crippen molar-refractivity contribution in [2.45, 2.75) is 65.5 Å². The Labute approximate surface area is 115 Å². The average molecular weight is 270 g/mol. The molecule has 0 bridgehead atoms. The van der Waals surface area contributed by atoms with E-state index >= 15 is 0 Å². The zero-order chi connectivity index (χ0) is 14.6. The summed E-state index contributed by atoms with van der Waals surface area (Å²) in [6.07, 6.45) is 4.18. The Morgan fingerprint density at radius 1 is 1.16 bits per heavy atom. The zero-order valence-electron chi connectivity index (χ0n) is 12.3. The highest BCUT2D eigenvalue weighted by Gasteiger charge is 2.33. The number of amides is 2. The second-order valence-corrected chi connectivity index (χ2v) is 6.71. The summed E-state index contributed by atoms with van der Waals surface area (Å²) in [7, 11) is 0. The quantitative estimate of drug-likeness (QED) is 0.736. The highest BCUT2D eigenvalue weighted by Crippen LogP contribution is 2.23. The molecule has 0 aromatic carbocycles. The second-order valence-electron chi connectivity index (χ2n) is 6.71. The number of hydrogen-bond acceptors (Lipinski definition) is 2. The monoisotopic (exact) mass is 270 g/mol. The molecule has 110 valence electrons. The van der Waals surface area contributed by atoms with Gasteiger partial charge in [0.05, 0.1) is 0 Å². The van der Waals surface area contributed by atoms with Gasteiger partial charge >= 0.3 is 12.0 Å². The van der Waals surface area contributed by atoms with E-state index < -0.39 is 17.4 Å². The van der Waals surface area contributed by atoms with Crippen LogP contribution in [0.5, 0.6) is 0 Å². The lowest BCUT2D eigenvalue weighted by Crippen LogP contribution is -2.54. The molecule has 1 saturated carbocycles. The van der Waals surface area contributed by atoms with Crippen molar-refractivity contribution in [3.05, 3.63) is 0 Å². The molecule has 5 nitrogen and oxygen atoms in total. The van der Waals surface area contributed by atoms with Crippen LogP contribution in [0, 0.1) is 11.3 Å². The molecule has 1 aliphatic carbocycles. The van der Waals surface area contributed by atoms with Gasteiger partial charge in [0.2, 0.25) is 0 Å². The Morgan fingerprint density at radius 3 is 2.11 bits per heavy atom. The Hall–Kier alpha value is -1.26. The van der Waals surface area contributed by atoms with E-state index in [0.717, 1.165) is 31.6 Å². The predicted molar refractivity (Wildman–Crippen MR) is 74.0 cm³/mol. The van der Waals surface area contributed by atoms with E-state index in [-0.39, 0.29) is 12.1 Å². The highest BCUT2D eigenvalue weighted by atomic mass is 16.4. The number of carboxylic acids is 1. The number of carboxylic acid groups (broad SMARTS) is 1. The molecular formula is C14H26N2O3. The fraction of sp³-hybridized carbons (Fsp3) is 0.857. The maximum atomic E-state index is 11.9. The summed E-state index contributed by atoms with van der Waals surface area (Å²) in [5, 5.41) is 14.6. The van der Waals surface area contributed by atoms with Crippen LogP contribution >= 0.6 is 0 Å². The molecule has 3 N–H and O–H groups in total. The molecule has 1 rings (SSSR count). The minimum absolute atomic E-state index is 0.172. The normalized spacial score (nSPS) is 25.5. The molecule has 0 unspecified atom stereocenters. The number of urea groups is 1. The summed E-state index contributed by atoms with van der Waals surface area (Å²) >= 11 is 0. The fourth-order valence-electron chi connectivity index (χ4n) is 2.41. The molecule has 0 spiro atoms. The molecule has 0 radical (unpaired) electrons. The third kappa shape index (κ3) is 5.09. The average Bonchev–Trinajstić information content (AvgIpc) is 2.27. The lowest BCUT2D eigenvalue weighted by atomic mass is 9.86. The summed E-state index contributed by atoms with van der Waals surface area (Å²) in [4.78, 5) is 23.0. The Bertz CT molecular complexity index is 328. The molecule has 0 aromatic rings. The van der Waals surface area contributed by atoms with Crippen molar-refractivity contribution >= 4 is 12.0 Å². The van der Waals surface area contributed by atoms with Crippen LogP contribution in [0.15, 0.2) is 0 Å². The topological polar surface area (TPSA) is 78.4 Å². The van der Waals surface area contributed by atoms with Gasteiger partial charge in [0, 0.05) is 6.04 Å². The number of hydrogen-bond donors (Lipinski definition) is 3. The summed E-state index contributed by atoms with van der Waals surface area (Å²) in [6.45, 7) is 7.62. The van der Waals surface area contributed by atoms with Gasteiger partial charge in [0.15, 0.2) is 0 Å². The summed E-state index contributed by atoms with van der Waals surface area (Å²) in [5.74, 6) is -0.276. The van der Waals surface area contributed by atoms with Crippen LogP contribution in [0.3, 0.4) is 0 Å². The van der Waals surface area contributed by atoms with Crippen LogP contribution in [-0.2, 0) is 4.79 Å². The third-order valence-corrected chi connectivity index (χ3v) is 3.74. The number of carbonyl (C=O) groups is 2. The van der Waals surface area contributed by atoms with E-state index in [0.29, 0.717) is 0 Å². The highest BCUT2D eigenvalue weighted by molar-refractivity contribution is 5.83. The Kier molecular flexibility index (Phi) is 5.20. The van der Waals surface area contributed by atoms with Crippen molar-refractivity contribution in [1.82, 2.24) is 10.6 Å². The number of rotatable bonds is 3. The lowest BCUT2D eigenvalue weighted by Gasteiger charge is -2.30. The molecule has 1 fully saturated rings. The Morgan fingerprint density at radius 2 is 1.68 bits per heavy atom. The zero-order valence-corrected chi connectivity index (χ0v) is 12.3. The van der Waals surface area contributed by atoms with Crippen molar-refractivity contribution in [2.75, 3.05) is 0 Å². The first kappa shape index (κ1) is 15.8. The van der Waals surface area contributed by atoms with Crippen molar-refractivity contribution in [3.63, 3.8) is 0 Å². The van der Waals surface area contributed by atoms with Crippen LogP contribution in [0.25, 0.3) is 0 Å². The van der Waals surface area contributed by atoms with Crippen LogP contribution in [-0.4, -0.2) is 29.2 Å². The molecule has 0 aliphatic heterocycles. The lowest BCUT2D eigenvalue weighted by molar-refractivity contribution is -0.141. The van der Waals surface area contributed by atoms with Gasteiger partial charge in [-0.1, -0.05) is 27.7 Å².